The molecule has 1 saturated carbocycles. The topological polar surface area (TPSA) is 18.5 Å². The smallest absolute Gasteiger partial charge is 0.118 e. The predicted octanol–water partition coefficient (Wildman–Crippen LogP) is 4.49. The summed E-state index contributed by atoms with van der Waals surface area (Å²) in [6.45, 7) is 7.66. The quantitative estimate of drug-likeness (QED) is 0.365. The second-order valence-electron chi connectivity index (χ2n) is 5.43. The maximum atomic E-state index is 5.90. The van der Waals surface area contributed by atoms with E-state index in [9.17, 15) is 0 Å². The summed E-state index contributed by atoms with van der Waals surface area (Å²) in [5.74, 6) is 2.52. The molecule has 0 atom stereocenters. The molecule has 0 radical (unpaired) electrons. The number of allylic oxidation sites excluding steroid dienone is 3. The van der Waals surface area contributed by atoms with E-state index in [0.29, 0.717) is 0 Å². The summed E-state index contributed by atoms with van der Waals surface area (Å²) >= 11 is 0. The lowest BCUT2D eigenvalue weighted by Gasteiger charge is -2.26. The summed E-state index contributed by atoms with van der Waals surface area (Å²) in [4.78, 5) is 0. The number of ether oxygens (including phenoxy) is 2. The molecule has 1 fully saturated rings. The first-order valence-corrected chi connectivity index (χ1v) is 7.37. The van der Waals surface area contributed by atoms with Gasteiger partial charge in [0.2, 0.25) is 0 Å². The van der Waals surface area contributed by atoms with Gasteiger partial charge in [0.05, 0.1) is 6.61 Å². The van der Waals surface area contributed by atoms with Crippen LogP contribution in [0.3, 0.4) is 0 Å². The lowest BCUT2D eigenvalue weighted by atomic mass is 9.83. The van der Waals surface area contributed by atoms with Gasteiger partial charge in [0.1, 0.15) is 5.76 Å². The van der Waals surface area contributed by atoms with Crippen molar-refractivity contribution >= 4 is 0 Å². The molecule has 1 aliphatic carbocycles. The second kappa shape index (κ2) is 9.85. The van der Waals surface area contributed by atoms with Crippen LogP contribution in [0.4, 0.5) is 0 Å². The Balaban J connectivity index is 2.31. The minimum atomic E-state index is 0.719. The van der Waals surface area contributed by atoms with Crippen LogP contribution in [0.1, 0.15) is 39.0 Å². The van der Waals surface area contributed by atoms with E-state index >= 15 is 0 Å². The van der Waals surface area contributed by atoms with Gasteiger partial charge in [-0.05, 0) is 43.3 Å². The fraction of sp³-hybridized carbons (Fsp3) is 0.647. The molecule has 2 heteroatoms. The Morgan fingerprint density at radius 1 is 1.26 bits per heavy atom. The van der Waals surface area contributed by atoms with Crippen LogP contribution in [0.15, 0.2) is 36.6 Å². The van der Waals surface area contributed by atoms with Crippen LogP contribution in [-0.2, 0) is 9.47 Å². The number of hydrogen-bond acceptors (Lipinski definition) is 2. The number of hydrogen-bond donors (Lipinski definition) is 0. The van der Waals surface area contributed by atoms with Crippen molar-refractivity contribution in [1.82, 2.24) is 0 Å². The Morgan fingerprint density at radius 2 is 2.00 bits per heavy atom. The van der Waals surface area contributed by atoms with Crippen molar-refractivity contribution in [2.24, 2.45) is 11.8 Å². The van der Waals surface area contributed by atoms with Gasteiger partial charge in [0.25, 0.3) is 0 Å². The minimum absolute atomic E-state index is 0.719. The Bertz CT molecular complexity index is 296. The molecule has 19 heavy (non-hydrogen) atoms. The van der Waals surface area contributed by atoms with Crippen LogP contribution in [0.25, 0.3) is 0 Å². The van der Waals surface area contributed by atoms with Gasteiger partial charge in [-0.25, -0.2) is 0 Å². The Kier molecular flexibility index (Phi) is 8.31. The summed E-state index contributed by atoms with van der Waals surface area (Å²) < 4.78 is 10.9. The molecule has 0 heterocycles. The zero-order valence-electron chi connectivity index (χ0n) is 12.4. The molecule has 108 valence electrons. The van der Waals surface area contributed by atoms with Gasteiger partial charge in [0.15, 0.2) is 0 Å². The highest BCUT2D eigenvalue weighted by Gasteiger charge is 2.18. The highest BCUT2D eigenvalue weighted by molar-refractivity contribution is 5.17. The van der Waals surface area contributed by atoms with Crippen LogP contribution in [-0.4, -0.2) is 20.3 Å². The van der Waals surface area contributed by atoms with Gasteiger partial charge in [-0.3, -0.25) is 0 Å². The van der Waals surface area contributed by atoms with Crippen LogP contribution in [0.2, 0.25) is 0 Å². The SMILES string of the molecule is C=C/C=C(\C=C/CCOC)OCC1CCC(C)CC1. The Morgan fingerprint density at radius 3 is 2.63 bits per heavy atom. The van der Waals surface area contributed by atoms with Crippen molar-refractivity contribution in [3.63, 3.8) is 0 Å². The van der Waals surface area contributed by atoms with E-state index in [4.69, 9.17) is 9.47 Å². The number of rotatable bonds is 8. The van der Waals surface area contributed by atoms with E-state index in [1.165, 1.54) is 25.7 Å². The zero-order valence-corrected chi connectivity index (χ0v) is 12.4. The van der Waals surface area contributed by atoms with Crippen molar-refractivity contribution in [3.05, 3.63) is 36.6 Å². The van der Waals surface area contributed by atoms with Gasteiger partial charge in [-0.1, -0.05) is 38.5 Å². The first-order chi connectivity index (χ1) is 9.26. The molecule has 1 rings (SSSR count). The van der Waals surface area contributed by atoms with Gasteiger partial charge in [-0.2, -0.15) is 0 Å². The van der Waals surface area contributed by atoms with Crippen LogP contribution < -0.4 is 0 Å². The summed E-state index contributed by atoms with van der Waals surface area (Å²) in [5.41, 5.74) is 0. The molecule has 0 spiro atoms. The van der Waals surface area contributed by atoms with Crippen molar-refractivity contribution in [2.45, 2.75) is 39.0 Å². The van der Waals surface area contributed by atoms with Crippen molar-refractivity contribution in [3.8, 4) is 0 Å². The minimum Gasteiger partial charge on any atom is -0.493 e. The molecule has 1 aliphatic rings. The lowest BCUT2D eigenvalue weighted by Crippen LogP contribution is -2.17. The third kappa shape index (κ3) is 7.22. The molecule has 0 unspecified atom stereocenters. The molecular weight excluding hydrogens is 236 g/mol. The Hall–Kier alpha value is -1.02. The molecule has 0 aromatic rings. The number of methoxy groups -OCH3 is 1. The third-order valence-corrected chi connectivity index (χ3v) is 3.67. The van der Waals surface area contributed by atoms with Gasteiger partial charge >= 0.3 is 0 Å². The molecule has 0 amide bonds. The second-order valence-corrected chi connectivity index (χ2v) is 5.43. The molecule has 0 bridgehead atoms. The maximum absolute atomic E-state index is 5.90. The molecule has 0 aromatic carbocycles. The van der Waals surface area contributed by atoms with E-state index in [-0.39, 0.29) is 0 Å². The van der Waals surface area contributed by atoms with Gasteiger partial charge < -0.3 is 9.47 Å². The first kappa shape index (κ1) is 16.0. The largest absolute Gasteiger partial charge is 0.493 e. The van der Waals surface area contributed by atoms with Gasteiger partial charge in [0, 0.05) is 13.7 Å². The molecule has 0 N–H and O–H groups in total. The molecule has 2 nitrogen and oxygen atoms in total. The fourth-order valence-electron chi connectivity index (χ4n) is 2.36. The highest BCUT2D eigenvalue weighted by atomic mass is 16.5. The summed E-state index contributed by atoms with van der Waals surface area (Å²) in [6, 6.07) is 0. The fourth-order valence-corrected chi connectivity index (χ4v) is 2.36. The van der Waals surface area contributed by atoms with Crippen molar-refractivity contribution in [2.75, 3.05) is 20.3 Å². The lowest BCUT2D eigenvalue weighted by molar-refractivity contribution is 0.138. The molecular formula is C17H28O2. The van der Waals surface area contributed by atoms with Crippen LogP contribution in [0.5, 0.6) is 0 Å². The monoisotopic (exact) mass is 264 g/mol. The van der Waals surface area contributed by atoms with Crippen LogP contribution in [0, 0.1) is 11.8 Å². The maximum Gasteiger partial charge on any atom is 0.118 e. The zero-order chi connectivity index (χ0) is 13.9. The Labute approximate surface area is 118 Å². The van der Waals surface area contributed by atoms with Crippen molar-refractivity contribution < 1.29 is 9.47 Å². The molecule has 0 saturated heterocycles. The summed E-state index contributed by atoms with van der Waals surface area (Å²) in [6.07, 6.45) is 14.0. The average Bonchev–Trinajstić information content (AvgIpc) is 2.42. The van der Waals surface area contributed by atoms with Crippen LogP contribution >= 0.6 is 0 Å². The molecule has 0 aliphatic heterocycles. The van der Waals surface area contributed by atoms with E-state index in [1.807, 2.05) is 12.2 Å². The normalized spacial score (nSPS) is 24.6. The molecule has 0 aromatic heterocycles. The third-order valence-electron chi connectivity index (χ3n) is 3.67. The summed E-state index contributed by atoms with van der Waals surface area (Å²) in [7, 11) is 1.72. The van der Waals surface area contributed by atoms with Crippen molar-refractivity contribution in [1.29, 1.82) is 0 Å². The van der Waals surface area contributed by atoms with E-state index in [1.54, 1.807) is 13.2 Å². The van der Waals surface area contributed by atoms with E-state index in [2.05, 4.69) is 19.6 Å². The van der Waals surface area contributed by atoms with E-state index < -0.39 is 0 Å². The summed E-state index contributed by atoms with van der Waals surface area (Å²) in [5, 5.41) is 0. The first-order valence-electron chi connectivity index (χ1n) is 7.37. The standard InChI is InChI=1S/C17H28O2/c1-4-7-17(8-5-6-13-18-3)19-14-16-11-9-15(2)10-12-16/h4-5,7-8,15-16H,1,6,9-14H2,2-3H3/b8-5-,17-7+. The van der Waals surface area contributed by atoms with Gasteiger partial charge in [-0.15, -0.1) is 0 Å². The predicted molar refractivity (Wildman–Crippen MR) is 81.0 cm³/mol. The highest BCUT2D eigenvalue weighted by Crippen LogP contribution is 2.28. The van der Waals surface area contributed by atoms with E-state index in [0.717, 1.165) is 37.2 Å². The average molecular weight is 264 g/mol.